The number of aryl methyl sites for hydroxylation is 1. The van der Waals surface area contributed by atoms with Crippen molar-refractivity contribution in [2.75, 3.05) is 6.54 Å². The fourth-order valence-electron chi connectivity index (χ4n) is 2.42. The molecule has 0 aliphatic carbocycles. The lowest BCUT2D eigenvalue weighted by molar-refractivity contribution is 0.614. The molecule has 1 aliphatic heterocycles. The quantitative estimate of drug-likeness (QED) is 0.901. The van der Waals surface area contributed by atoms with Crippen LogP contribution in [-0.4, -0.2) is 26.5 Å². The molecule has 98 valence electrons. The topological polar surface area (TPSA) is 63.6 Å². The van der Waals surface area contributed by atoms with Crippen LogP contribution in [0.5, 0.6) is 0 Å². The number of aromatic nitrogens is 4. The Morgan fingerprint density at radius 2 is 2.26 bits per heavy atom. The maximum Gasteiger partial charge on any atom is 0.178 e. The minimum Gasteiger partial charge on any atom is -0.311 e. The molecule has 0 spiro atoms. The van der Waals surface area contributed by atoms with Gasteiger partial charge in [-0.05, 0) is 31.0 Å². The highest BCUT2D eigenvalue weighted by Gasteiger charge is 2.17. The molecule has 0 bridgehead atoms. The van der Waals surface area contributed by atoms with Gasteiger partial charge in [0.05, 0.1) is 5.69 Å². The third kappa shape index (κ3) is 2.46. The van der Waals surface area contributed by atoms with Crippen LogP contribution in [0.2, 0.25) is 0 Å². The normalized spacial score (nSPS) is 14.2. The third-order valence-electron chi connectivity index (χ3n) is 3.32. The Hall–Kier alpha value is -1.88. The minimum atomic E-state index is 0.716. The average Bonchev–Trinajstić information content (AvgIpc) is 2.48. The highest BCUT2D eigenvalue weighted by Crippen LogP contribution is 2.21. The first-order valence-corrected chi connectivity index (χ1v) is 6.74. The first-order valence-electron chi connectivity index (χ1n) is 6.74. The van der Waals surface area contributed by atoms with Crippen molar-refractivity contribution in [1.82, 2.24) is 25.3 Å². The predicted octanol–water partition coefficient (Wildman–Crippen LogP) is 1.53. The molecule has 5 nitrogen and oxygen atoms in total. The van der Waals surface area contributed by atoms with Crippen molar-refractivity contribution in [1.29, 1.82) is 0 Å². The molecular formula is C14H17N5. The smallest absolute Gasteiger partial charge is 0.178 e. The molecule has 3 rings (SSSR count). The van der Waals surface area contributed by atoms with Gasteiger partial charge in [0.2, 0.25) is 0 Å². The Kier molecular flexibility index (Phi) is 3.46. The SMILES string of the molecule is CCCc1nc(-c2ccncn2)nc2c1CCNC2. The van der Waals surface area contributed by atoms with Crippen LogP contribution in [0.4, 0.5) is 0 Å². The maximum atomic E-state index is 4.72. The molecule has 1 N–H and O–H groups in total. The molecule has 0 saturated heterocycles. The van der Waals surface area contributed by atoms with Crippen LogP contribution >= 0.6 is 0 Å². The van der Waals surface area contributed by atoms with E-state index >= 15 is 0 Å². The van der Waals surface area contributed by atoms with Crippen molar-refractivity contribution < 1.29 is 0 Å². The van der Waals surface area contributed by atoms with Crippen LogP contribution in [0.25, 0.3) is 11.5 Å². The largest absolute Gasteiger partial charge is 0.311 e. The van der Waals surface area contributed by atoms with Crippen molar-refractivity contribution in [2.45, 2.75) is 32.7 Å². The molecule has 0 amide bonds. The van der Waals surface area contributed by atoms with E-state index in [0.717, 1.165) is 43.7 Å². The second-order valence-electron chi connectivity index (χ2n) is 4.69. The fourth-order valence-corrected chi connectivity index (χ4v) is 2.42. The number of nitrogens with one attached hydrogen (secondary N) is 1. The zero-order valence-electron chi connectivity index (χ0n) is 11.1. The van der Waals surface area contributed by atoms with Crippen molar-refractivity contribution in [3.63, 3.8) is 0 Å². The van der Waals surface area contributed by atoms with Crippen LogP contribution in [-0.2, 0) is 19.4 Å². The zero-order chi connectivity index (χ0) is 13.1. The molecule has 0 fully saturated rings. The van der Waals surface area contributed by atoms with Gasteiger partial charge >= 0.3 is 0 Å². The van der Waals surface area contributed by atoms with Crippen molar-refractivity contribution in [2.24, 2.45) is 0 Å². The monoisotopic (exact) mass is 255 g/mol. The van der Waals surface area contributed by atoms with E-state index in [0.29, 0.717) is 5.82 Å². The number of hydrogen-bond acceptors (Lipinski definition) is 5. The van der Waals surface area contributed by atoms with Crippen LogP contribution in [0.3, 0.4) is 0 Å². The molecule has 5 heteroatoms. The highest BCUT2D eigenvalue weighted by molar-refractivity contribution is 5.50. The van der Waals surface area contributed by atoms with Crippen molar-refractivity contribution in [3.05, 3.63) is 35.5 Å². The second-order valence-corrected chi connectivity index (χ2v) is 4.69. The van der Waals surface area contributed by atoms with E-state index in [1.54, 1.807) is 6.20 Å². The van der Waals surface area contributed by atoms with Crippen molar-refractivity contribution >= 4 is 0 Å². The van der Waals surface area contributed by atoms with Crippen LogP contribution < -0.4 is 5.32 Å². The summed E-state index contributed by atoms with van der Waals surface area (Å²) < 4.78 is 0. The predicted molar refractivity (Wildman–Crippen MR) is 72.5 cm³/mol. The third-order valence-corrected chi connectivity index (χ3v) is 3.32. The molecular weight excluding hydrogens is 238 g/mol. The van der Waals surface area contributed by atoms with Gasteiger partial charge in [-0.25, -0.2) is 19.9 Å². The lowest BCUT2D eigenvalue weighted by Gasteiger charge is -2.19. The Balaban J connectivity index is 2.09. The van der Waals surface area contributed by atoms with Crippen LogP contribution in [0.1, 0.15) is 30.3 Å². The summed E-state index contributed by atoms with van der Waals surface area (Å²) in [5.74, 6) is 0.716. The summed E-state index contributed by atoms with van der Waals surface area (Å²) in [5.41, 5.74) is 4.43. The first kappa shape index (κ1) is 12.2. The van der Waals surface area contributed by atoms with Gasteiger partial charge in [-0.1, -0.05) is 13.3 Å². The summed E-state index contributed by atoms with van der Waals surface area (Å²) >= 11 is 0. The summed E-state index contributed by atoms with van der Waals surface area (Å²) in [7, 11) is 0. The highest BCUT2D eigenvalue weighted by atomic mass is 15.0. The van der Waals surface area contributed by atoms with Crippen LogP contribution in [0, 0.1) is 0 Å². The van der Waals surface area contributed by atoms with Crippen LogP contribution in [0.15, 0.2) is 18.6 Å². The molecule has 0 unspecified atom stereocenters. The van der Waals surface area contributed by atoms with Gasteiger partial charge in [-0.2, -0.15) is 0 Å². The van der Waals surface area contributed by atoms with E-state index in [-0.39, 0.29) is 0 Å². The van der Waals surface area contributed by atoms with Gasteiger partial charge in [0, 0.05) is 18.4 Å². The molecule has 2 aromatic heterocycles. The summed E-state index contributed by atoms with van der Waals surface area (Å²) in [4.78, 5) is 17.6. The Bertz CT molecular complexity index is 568. The Labute approximate surface area is 112 Å². The Morgan fingerprint density at radius 3 is 3.05 bits per heavy atom. The summed E-state index contributed by atoms with van der Waals surface area (Å²) in [6.45, 7) is 4.02. The average molecular weight is 255 g/mol. The van der Waals surface area contributed by atoms with E-state index < -0.39 is 0 Å². The summed E-state index contributed by atoms with van der Waals surface area (Å²) in [5, 5.41) is 3.37. The van der Waals surface area contributed by atoms with E-state index in [4.69, 9.17) is 4.98 Å². The molecule has 1 aliphatic rings. The molecule has 19 heavy (non-hydrogen) atoms. The van der Waals surface area contributed by atoms with Gasteiger partial charge in [0.25, 0.3) is 0 Å². The van der Waals surface area contributed by atoms with Gasteiger partial charge in [0.15, 0.2) is 5.82 Å². The number of rotatable bonds is 3. The zero-order valence-corrected chi connectivity index (χ0v) is 11.1. The van der Waals surface area contributed by atoms with E-state index in [1.165, 1.54) is 17.6 Å². The lowest BCUT2D eigenvalue weighted by atomic mass is 10.0. The van der Waals surface area contributed by atoms with Gasteiger partial charge < -0.3 is 5.32 Å². The number of hydrogen-bond donors (Lipinski definition) is 1. The molecule has 0 aromatic carbocycles. The Morgan fingerprint density at radius 1 is 1.32 bits per heavy atom. The summed E-state index contributed by atoms with van der Waals surface area (Å²) in [6, 6.07) is 1.85. The molecule has 0 radical (unpaired) electrons. The minimum absolute atomic E-state index is 0.716. The van der Waals surface area contributed by atoms with Gasteiger partial charge in [-0.3, -0.25) is 0 Å². The van der Waals surface area contributed by atoms with E-state index in [1.807, 2.05) is 6.07 Å². The second kappa shape index (κ2) is 5.40. The molecule has 0 saturated carbocycles. The molecule has 0 atom stereocenters. The van der Waals surface area contributed by atoms with Crippen molar-refractivity contribution in [3.8, 4) is 11.5 Å². The standard InChI is InChI=1S/C14H17N5/c1-2-3-11-10-4-6-15-8-13(10)19-14(18-11)12-5-7-16-9-17-12/h5,7,9,15H,2-4,6,8H2,1H3. The van der Waals surface area contributed by atoms with Gasteiger partial charge in [-0.15, -0.1) is 0 Å². The maximum absolute atomic E-state index is 4.72. The first-order chi connectivity index (χ1) is 9.38. The lowest BCUT2D eigenvalue weighted by Crippen LogP contribution is -2.26. The van der Waals surface area contributed by atoms with E-state index in [2.05, 4.69) is 27.2 Å². The number of fused-ring (bicyclic) bond motifs is 1. The molecule has 2 aromatic rings. The number of nitrogens with zero attached hydrogens (tertiary/aromatic N) is 4. The molecule has 3 heterocycles. The van der Waals surface area contributed by atoms with Gasteiger partial charge in [0.1, 0.15) is 12.0 Å². The summed E-state index contributed by atoms with van der Waals surface area (Å²) in [6.07, 6.45) is 6.39. The van der Waals surface area contributed by atoms with E-state index in [9.17, 15) is 0 Å². The fraction of sp³-hybridized carbons (Fsp3) is 0.429.